The minimum atomic E-state index is -5.08. The van der Waals surface area contributed by atoms with Crippen molar-refractivity contribution >= 4 is 46.1 Å². The molecule has 4 heterocycles. The van der Waals surface area contributed by atoms with Crippen molar-refractivity contribution in [1.82, 2.24) is 24.8 Å². The number of hydrogen-bond acceptors (Lipinski definition) is 8. The second kappa shape index (κ2) is 10.7. The summed E-state index contributed by atoms with van der Waals surface area (Å²) in [6.07, 6.45) is 1.84. The molecule has 0 bridgehead atoms. The zero-order valence-electron chi connectivity index (χ0n) is 19.0. The average molecular weight is 542 g/mol. The van der Waals surface area contributed by atoms with Crippen LogP contribution in [-0.2, 0) is 4.79 Å². The first-order valence-electron chi connectivity index (χ1n) is 11.1. The summed E-state index contributed by atoms with van der Waals surface area (Å²) < 4.78 is 45.8. The molecule has 1 saturated carbocycles. The Bertz CT molecular complexity index is 1320. The number of carbonyl (C=O) groups is 2. The quantitative estimate of drug-likeness (QED) is 0.478. The fraction of sp³-hybridized carbons (Fsp3) is 0.364. The van der Waals surface area contributed by atoms with Gasteiger partial charge < -0.3 is 20.2 Å². The van der Waals surface area contributed by atoms with Crippen LogP contribution >= 0.6 is 11.6 Å². The van der Waals surface area contributed by atoms with E-state index in [4.69, 9.17) is 31.5 Å². The third kappa shape index (κ3) is 6.50. The highest BCUT2D eigenvalue weighted by molar-refractivity contribution is 6.30. The van der Waals surface area contributed by atoms with Crippen LogP contribution in [-0.4, -0.2) is 80.2 Å². The van der Waals surface area contributed by atoms with Crippen molar-refractivity contribution < 1.29 is 32.3 Å². The van der Waals surface area contributed by atoms with Crippen molar-refractivity contribution in [2.24, 2.45) is 0 Å². The van der Waals surface area contributed by atoms with Crippen LogP contribution in [0.2, 0.25) is 5.02 Å². The molecule has 0 spiro atoms. The summed E-state index contributed by atoms with van der Waals surface area (Å²) in [5.74, 6) is -2.40. The molecule has 0 unspecified atom stereocenters. The number of hydrogen-bond donors (Lipinski definition) is 2. The number of anilines is 2. The summed E-state index contributed by atoms with van der Waals surface area (Å²) in [6, 6.07) is 3.38. The van der Waals surface area contributed by atoms with Crippen molar-refractivity contribution in [3.05, 3.63) is 47.3 Å². The van der Waals surface area contributed by atoms with Gasteiger partial charge in [-0.25, -0.2) is 24.1 Å². The third-order valence-corrected chi connectivity index (χ3v) is 5.69. The molecule has 0 radical (unpaired) electrons. The van der Waals surface area contributed by atoms with E-state index in [1.165, 1.54) is 6.20 Å². The highest BCUT2D eigenvalue weighted by Crippen LogP contribution is 2.31. The van der Waals surface area contributed by atoms with E-state index in [9.17, 15) is 22.4 Å². The number of nitrogens with zero attached hydrogens (tertiary/aromatic N) is 6. The first-order chi connectivity index (χ1) is 17.5. The van der Waals surface area contributed by atoms with E-state index in [1.807, 2.05) is 6.07 Å². The van der Waals surface area contributed by atoms with Gasteiger partial charge in [0, 0.05) is 44.6 Å². The monoisotopic (exact) mass is 541 g/mol. The fourth-order valence-electron chi connectivity index (χ4n) is 3.48. The van der Waals surface area contributed by atoms with Gasteiger partial charge in [0.25, 0.3) is 5.91 Å². The standard InChI is InChI=1S/C20H19ClFN7O.C2HF3O2/c21-12-9-14(22)17(24-10-12)20(30)29-7-5-28(6-8-29)19-18(25-13-1-2-13)26-15-3-4-23-11-16(15)27-19;3-2(4,5)1(6)7/h3-4,9-11,13H,1-2,5-8H2,(H,25,26);(H,6,7). The summed E-state index contributed by atoms with van der Waals surface area (Å²) >= 11 is 5.73. The van der Waals surface area contributed by atoms with Crippen LogP contribution in [0.15, 0.2) is 30.7 Å². The average Bonchev–Trinajstić information content (AvgIpc) is 3.67. The first-order valence-corrected chi connectivity index (χ1v) is 11.4. The largest absolute Gasteiger partial charge is 0.490 e. The number of rotatable bonds is 4. The molecule has 1 saturated heterocycles. The number of carbonyl (C=O) groups excluding carboxylic acids is 1. The minimum absolute atomic E-state index is 0.161. The molecule has 2 N–H and O–H groups in total. The number of amides is 1. The Morgan fingerprint density at radius 3 is 2.35 bits per heavy atom. The number of carboxylic acid groups (broad SMARTS) is 1. The van der Waals surface area contributed by atoms with Crippen LogP contribution in [0, 0.1) is 5.82 Å². The fourth-order valence-corrected chi connectivity index (χ4v) is 3.62. The van der Waals surface area contributed by atoms with Crippen molar-refractivity contribution in [2.45, 2.75) is 25.1 Å². The van der Waals surface area contributed by atoms with Gasteiger partial charge in [-0.3, -0.25) is 9.78 Å². The molecule has 3 aromatic heterocycles. The van der Waals surface area contributed by atoms with E-state index < -0.39 is 23.9 Å². The van der Waals surface area contributed by atoms with Crippen LogP contribution in [0.3, 0.4) is 0 Å². The predicted molar refractivity (Wildman–Crippen MR) is 125 cm³/mol. The molecule has 2 aliphatic rings. The van der Waals surface area contributed by atoms with Crippen molar-refractivity contribution in [2.75, 3.05) is 36.4 Å². The number of halogens is 5. The molecule has 10 nitrogen and oxygen atoms in total. The van der Waals surface area contributed by atoms with Gasteiger partial charge in [0.15, 0.2) is 23.1 Å². The second-order valence-electron chi connectivity index (χ2n) is 8.24. The smallest absolute Gasteiger partial charge is 0.475 e. The Hall–Kier alpha value is -3.81. The molecule has 37 heavy (non-hydrogen) atoms. The van der Waals surface area contributed by atoms with Crippen molar-refractivity contribution in [1.29, 1.82) is 0 Å². The number of aromatic nitrogens is 4. The zero-order valence-corrected chi connectivity index (χ0v) is 19.8. The number of piperazine rings is 1. The maximum atomic E-state index is 14.1. The van der Waals surface area contributed by atoms with Gasteiger partial charge in [-0.2, -0.15) is 13.2 Å². The lowest BCUT2D eigenvalue weighted by molar-refractivity contribution is -0.192. The molecule has 3 aromatic rings. The number of fused-ring (bicyclic) bond motifs is 1. The molecule has 5 rings (SSSR count). The summed E-state index contributed by atoms with van der Waals surface area (Å²) in [5, 5.41) is 10.7. The van der Waals surface area contributed by atoms with E-state index >= 15 is 0 Å². The minimum Gasteiger partial charge on any atom is -0.475 e. The Kier molecular flexibility index (Phi) is 7.57. The molecule has 1 aliphatic heterocycles. The third-order valence-electron chi connectivity index (χ3n) is 5.49. The van der Waals surface area contributed by atoms with Gasteiger partial charge in [0.2, 0.25) is 0 Å². The number of alkyl halides is 3. The number of carboxylic acids is 1. The maximum absolute atomic E-state index is 14.1. The van der Waals surface area contributed by atoms with Crippen molar-refractivity contribution in [3.8, 4) is 0 Å². The van der Waals surface area contributed by atoms with Gasteiger partial charge in [0.05, 0.1) is 16.7 Å². The van der Waals surface area contributed by atoms with Gasteiger partial charge in [-0.05, 0) is 25.0 Å². The zero-order chi connectivity index (χ0) is 26.7. The van der Waals surface area contributed by atoms with Crippen LogP contribution in [0.5, 0.6) is 0 Å². The number of nitrogens with one attached hydrogen (secondary N) is 1. The van der Waals surface area contributed by atoms with E-state index in [1.54, 1.807) is 17.3 Å². The van der Waals surface area contributed by atoms with Gasteiger partial charge in [-0.1, -0.05) is 11.6 Å². The topological polar surface area (TPSA) is 124 Å². The van der Waals surface area contributed by atoms with Crippen LogP contribution < -0.4 is 10.2 Å². The van der Waals surface area contributed by atoms with E-state index in [-0.39, 0.29) is 10.7 Å². The molecule has 196 valence electrons. The number of aliphatic carboxylic acids is 1. The Labute approximate surface area is 212 Å². The summed E-state index contributed by atoms with van der Waals surface area (Å²) in [6.45, 7) is 1.97. The molecule has 1 aliphatic carbocycles. The molecular weight excluding hydrogens is 522 g/mol. The molecule has 1 amide bonds. The molecule has 15 heteroatoms. The Balaban J connectivity index is 0.000000405. The molecule has 2 fully saturated rings. The summed E-state index contributed by atoms with van der Waals surface area (Å²) in [4.78, 5) is 42.8. The first kappa shape index (κ1) is 26.3. The van der Waals surface area contributed by atoms with E-state index in [0.717, 1.165) is 41.6 Å². The Morgan fingerprint density at radius 1 is 1.08 bits per heavy atom. The highest BCUT2D eigenvalue weighted by Gasteiger charge is 2.38. The Morgan fingerprint density at radius 2 is 1.76 bits per heavy atom. The SMILES string of the molecule is O=C(O)C(F)(F)F.O=C(c1ncc(Cl)cc1F)N1CCN(c2nc3cnccc3nc2NC2CC2)CC1. The molecule has 0 atom stereocenters. The summed E-state index contributed by atoms with van der Waals surface area (Å²) in [5.41, 5.74) is 1.30. The van der Waals surface area contributed by atoms with Gasteiger partial charge in [-0.15, -0.1) is 0 Å². The van der Waals surface area contributed by atoms with Gasteiger partial charge in [0.1, 0.15) is 5.52 Å². The normalized spacial score (nSPS) is 15.7. The van der Waals surface area contributed by atoms with E-state index in [2.05, 4.69) is 20.2 Å². The van der Waals surface area contributed by atoms with Crippen LogP contribution in [0.4, 0.5) is 29.2 Å². The lowest BCUT2D eigenvalue weighted by atomic mass is 10.2. The lowest BCUT2D eigenvalue weighted by Gasteiger charge is -2.36. The second-order valence-corrected chi connectivity index (χ2v) is 8.68. The highest BCUT2D eigenvalue weighted by atomic mass is 35.5. The predicted octanol–water partition coefficient (Wildman–Crippen LogP) is 3.38. The molecule has 0 aromatic carbocycles. The van der Waals surface area contributed by atoms with Crippen molar-refractivity contribution in [3.63, 3.8) is 0 Å². The maximum Gasteiger partial charge on any atom is 0.490 e. The lowest BCUT2D eigenvalue weighted by Crippen LogP contribution is -2.49. The van der Waals surface area contributed by atoms with E-state index in [0.29, 0.717) is 32.2 Å². The number of pyridine rings is 2. The van der Waals surface area contributed by atoms with Gasteiger partial charge >= 0.3 is 12.1 Å². The molecular formula is C22H20ClF4N7O3. The van der Waals surface area contributed by atoms with Crippen LogP contribution in [0.25, 0.3) is 11.0 Å². The summed E-state index contributed by atoms with van der Waals surface area (Å²) in [7, 11) is 0. The van der Waals surface area contributed by atoms with Crippen LogP contribution in [0.1, 0.15) is 23.3 Å².